The van der Waals surface area contributed by atoms with Gasteiger partial charge in [0.15, 0.2) is 6.61 Å². The lowest BCUT2D eigenvalue weighted by Gasteiger charge is -2.23. The first-order valence-corrected chi connectivity index (χ1v) is 11.5. The fraction of sp³-hybridized carbons (Fsp3) is 0.174. The van der Waals surface area contributed by atoms with Crippen LogP contribution in [0.2, 0.25) is 0 Å². The highest BCUT2D eigenvalue weighted by molar-refractivity contribution is 7.92. The fourth-order valence-corrected chi connectivity index (χ4v) is 3.85. The molecule has 3 rings (SSSR count). The van der Waals surface area contributed by atoms with Crippen molar-refractivity contribution < 1.29 is 27.1 Å². The van der Waals surface area contributed by atoms with Crippen LogP contribution >= 0.6 is 0 Å². The molecule has 0 saturated carbocycles. The molecule has 3 aromatic carbocycles. The third kappa shape index (κ3) is 5.98. The van der Waals surface area contributed by atoms with Crippen molar-refractivity contribution in [2.45, 2.75) is 6.54 Å². The van der Waals surface area contributed by atoms with E-state index in [-0.39, 0.29) is 24.6 Å². The van der Waals surface area contributed by atoms with Gasteiger partial charge in [-0.1, -0.05) is 30.3 Å². The number of sulfonamides is 1. The normalized spacial score (nSPS) is 11.0. The van der Waals surface area contributed by atoms with Crippen LogP contribution in [0.3, 0.4) is 0 Å². The van der Waals surface area contributed by atoms with E-state index in [4.69, 9.17) is 9.47 Å². The van der Waals surface area contributed by atoms with Crippen molar-refractivity contribution in [3.8, 4) is 11.5 Å². The highest BCUT2D eigenvalue weighted by Gasteiger charge is 2.19. The van der Waals surface area contributed by atoms with Crippen molar-refractivity contribution in [1.29, 1.82) is 0 Å². The molecule has 0 spiro atoms. The third-order valence-electron chi connectivity index (χ3n) is 4.55. The summed E-state index contributed by atoms with van der Waals surface area (Å²) < 4.78 is 50.4. The minimum Gasteiger partial charge on any atom is -0.495 e. The van der Waals surface area contributed by atoms with Gasteiger partial charge in [0, 0.05) is 5.56 Å². The Balaban J connectivity index is 1.66. The molecule has 7 nitrogen and oxygen atoms in total. The van der Waals surface area contributed by atoms with Crippen LogP contribution in [-0.4, -0.2) is 34.3 Å². The summed E-state index contributed by atoms with van der Waals surface area (Å²) in [5, 5.41) is 2.70. The van der Waals surface area contributed by atoms with Crippen molar-refractivity contribution in [3.05, 3.63) is 84.2 Å². The van der Waals surface area contributed by atoms with Crippen LogP contribution < -0.4 is 19.1 Å². The monoisotopic (exact) mass is 458 g/mol. The van der Waals surface area contributed by atoms with Gasteiger partial charge in [0.05, 0.1) is 31.3 Å². The molecule has 32 heavy (non-hydrogen) atoms. The predicted molar refractivity (Wildman–Crippen MR) is 121 cm³/mol. The van der Waals surface area contributed by atoms with Gasteiger partial charge in [0.2, 0.25) is 10.0 Å². The number of hydrogen-bond donors (Lipinski definition) is 1. The summed E-state index contributed by atoms with van der Waals surface area (Å²) in [5.74, 6) is 0.0437. The lowest BCUT2D eigenvalue weighted by Crippen LogP contribution is -2.29. The highest BCUT2D eigenvalue weighted by atomic mass is 32.2. The van der Waals surface area contributed by atoms with Crippen LogP contribution in [0.4, 0.5) is 15.8 Å². The predicted octanol–water partition coefficient (Wildman–Crippen LogP) is 3.82. The van der Waals surface area contributed by atoms with Crippen LogP contribution in [0.1, 0.15) is 5.56 Å². The Morgan fingerprint density at radius 3 is 2.31 bits per heavy atom. The van der Waals surface area contributed by atoms with Crippen LogP contribution in [-0.2, 0) is 21.4 Å². The third-order valence-corrected chi connectivity index (χ3v) is 5.69. The van der Waals surface area contributed by atoms with Gasteiger partial charge in [-0.05, 0) is 42.5 Å². The van der Waals surface area contributed by atoms with Crippen molar-refractivity contribution in [3.63, 3.8) is 0 Å². The molecule has 0 aliphatic carbocycles. The average molecular weight is 459 g/mol. The summed E-state index contributed by atoms with van der Waals surface area (Å²) in [6, 6.07) is 19.2. The van der Waals surface area contributed by atoms with E-state index in [2.05, 4.69) is 5.32 Å². The molecule has 9 heteroatoms. The lowest BCUT2D eigenvalue weighted by molar-refractivity contribution is -0.118. The molecule has 0 atom stereocenters. The molecule has 0 saturated heterocycles. The molecule has 3 aromatic rings. The maximum Gasteiger partial charge on any atom is 0.262 e. The molecule has 0 radical (unpaired) electrons. The Bertz CT molecular complexity index is 1180. The highest BCUT2D eigenvalue weighted by Crippen LogP contribution is 2.25. The van der Waals surface area contributed by atoms with Crippen molar-refractivity contribution in [2.24, 2.45) is 0 Å². The fourth-order valence-electron chi connectivity index (χ4n) is 2.97. The number of rotatable bonds is 9. The molecule has 0 aliphatic rings. The van der Waals surface area contributed by atoms with Gasteiger partial charge in [0.1, 0.15) is 17.3 Å². The van der Waals surface area contributed by atoms with E-state index in [1.165, 1.54) is 31.4 Å². The molecule has 0 aliphatic heterocycles. The number of hydrogen-bond acceptors (Lipinski definition) is 5. The lowest BCUT2D eigenvalue weighted by atomic mass is 10.2. The molecule has 0 aromatic heterocycles. The van der Waals surface area contributed by atoms with Gasteiger partial charge >= 0.3 is 0 Å². The van der Waals surface area contributed by atoms with E-state index in [0.717, 1.165) is 10.6 Å². The first-order chi connectivity index (χ1) is 15.3. The van der Waals surface area contributed by atoms with Gasteiger partial charge < -0.3 is 14.8 Å². The summed E-state index contributed by atoms with van der Waals surface area (Å²) in [4.78, 5) is 12.2. The van der Waals surface area contributed by atoms with Gasteiger partial charge in [-0.2, -0.15) is 0 Å². The second-order valence-electron chi connectivity index (χ2n) is 6.89. The van der Waals surface area contributed by atoms with Crippen molar-refractivity contribution >= 4 is 27.3 Å². The zero-order valence-electron chi connectivity index (χ0n) is 17.6. The number of nitrogens with one attached hydrogen (secondary N) is 1. The second kappa shape index (κ2) is 10.1. The SMILES string of the molecule is COc1ccccc1NC(=O)COc1ccc(N(Cc2ccccc2F)S(C)(=O)=O)cc1. The number of carbonyl (C=O) groups is 1. The summed E-state index contributed by atoms with van der Waals surface area (Å²) >= 11 is 0. The maximum atomic E-state index is 14.0. The van der Waals surface area contributed by atoms with Crippen LogP contribution in [0, 0.1) is 5.82 Å². The quantitative estimate of drug-likeness (QED) is 0.527. The van der Waals surface area contributed by atoms with Crippen LogP contribution in [0.5, 0.6) is 11.5 Å². The molecule has 0 heterocycles. The molecule has 0 fully saturated rings. The van der Waals surface area contributed by atoms with E-state index < -0.39 is 15.8 Å². The summed E-state index contributed by atoms with van der Waals surface area (Å²) in [6.07, 6.45) is 1.06. The minimum atomic E-state index is -3.66. The molecule has 168 valence electrons. The van der Waals surface area contributed by atoms with E-state index >= 15 is 0 Å². The maximum absolute atomic E-state index is 14.0. The molecule has 1 amide bonds. The minimum absolute atomic E-state index is 0.146. The van der Waals surface area contributed by atoms with Crippen LogP contribution in [0.15, 0.2) is 72.8 Å². The number of amides is 1. The summed E-state index contributed by atoms with van der Waals surface area (Å²) in [6.45, 7) is -0.393. The average Bonchev–Trinajstić information content (AvgIpc) is 2.77. The first kappa shape index (κ1) is 23.1. The summed E-state index contributed by atoms with van der Waals surface area (Å²) in [5.41, 5.74) is 1.13. The van der Waals surface area contributed by atoms with Gasteiger partial charge in [-0.25, -0.2) is 12.8 Å². The smallest absolute Gasteiger partial charge is 0.262 e. The number of para-hydroxylation sites is 2. The number of anilines is 2. The number of carbonyl (C=O) groups excluding carboxylic acids is 1. The Morgan fingerprint density at radius 1 is 1.00 bits per heavy atom. The summed E-state index contributed by atoms with van der Waals surface area (Å²) in [7, 11) is -2.15. The van der Waals surface area contributed by atoms with Crippen molar-refractivity contribution in [1.82, 2.24) is 0 Å². The van der Waals surface area contributed by atoms with Crippen molar-refractivity contribution in [2.75, 3.05) is 29.6 Å². The van der Waals surface area contributed by atoms with E-state index in [1.807, 2.05) is 0 Å². The zero-order valence-corrected chi connectivity index (χ0v) is 18.4. The Labute approximate surface area is 186 Å². The van der Waals surface area contributed by atoms with E-state index in [0.29, 0.717) is 22.9 Å². The topological polar surface area (TPSA) is 84.9 Å². The zero-order chi connectivity index (χ0) is 23.1. The van der Waals surface area contributed by atoms with Gasteiger partial charge in [-0.3, -0.25) is 9.10 Å². The molecule has 0 unspecified atom stereocenters. The number of ether oxygens (including phenoxy) is 2. The number of halogens is 1. The Kier molecular flexibility index (Phi) is 7.32. The molecular formula is C23H23FN2O5S. The number of methoxy groups -OCH3 is 1. The van der Waals surface area contributed by atoms with E-state index in [1.54, 1.807) is 48.5 Å². The number of nitrogens with zero attached hydrogens (tertiary/aromatic N) is 1. The standard InChI is InChI=1S/C23H23FN2O5S/c1-30-22-10-6-5-9-21(22)25-23(27)16-31-19-13-11-18(12-14-19)26(32(2,28)29)15-17-7-3-4-8-20(17)24/h3-14H,15-16H2,1-2H3,(H,25,27). The van der Waals surface area contributed by atoms with Crippen LogP contribution in [0.25, 0.3) is 0 Å². The Hall–Kier alpha value is -3.59. The van der Waals surface area contributed by atoms with E-state index in [9.17, 15) is 17.6 Å². The molecule has 1 N–H and O–H groups in total. The molecule has 0 bridgehead atoms. The Morgan fingerprint density at radius 2 is 1.66 bits per heavy atom. The largest absolute Gasteiger partial charge is 0.495 e. The molecular weight excluding hydrogens is 435 g/mol. The van der Waals surface area contributed by atoms with Gasteiger partial charge in [-0.15, -0.1) is 0 Å². The van der Waals surface area contributed by atoms with Gasteiger partial charge in [0.25, 0.3) is 5.91 Å². The second-order valence-corrected chi connectivity index (χ2v) is 8.80. The first-order valence-electron chi connectivity index (χ1n) is 9.65. The number of benzene rings is 3.